The molecule has 0 bridgehead atoms. The molecule has 0 spiro atoms. The van der Waals surface area contributed by atoms with E-state index in [-0.39, 0.29) is 0 Å². The summed E-state index contributed by atoms with van der Waals surface area (Å²) < 4.78 is 0. The van der Waals surface area contributed by atoms with Crippen LogP contribution >= 0.6 is 11.3 Å². The summed E-state index contributed by atoms with van der Waals surface area (Å²) in [5.74, 6) is 0. The Kier molecular flexibility index (Phi) is 3.95. The zero-order valence-corrected chi connectivity index (χ0v) is 11.2. The Balaban J connectivity index is 1.89. The molecule has 1 saturated heterocycles. The lowest BCUT2D eigenvalue weighted by atomic mass is 10.1. The van der Waals surface area contributed by atoms with Crippen molar-refractivity contribution in [2.45, 2.75) is 32.9 Å². The molecule has 90 valence electrons. The van der Waals surface area contributed by atoms with Crippen molar-refractivity contribution < 1.29 is 0 Å². The average Bonchev–Trinajstić information content (AvgIpc) is 2.81. The van der Waals surface area contributed by atoms with Crippen LogP contribution in [0.2, 0.25) is 0 Å². The van der Waals surface area contributed by atoms with Crippen molar-refractivity contribution in [3.8, 4) is 0 Å². The molecule has 1 aliphatic heterocycles. The summed E-state index contributed by atoms with van der Waals surface area (Å²) in [7, 11) is 0. The summed E-state index contributed by atoms with van der Waals surface area (Å²) >= 11 is 1.69. The van der Waals surface area contributed by atoms with E-state index in [0.29, 0.717) is 12.1 Å². The van der Waals surface area contributed by atoms with Crippen LogP contribution in [0.5, 0.6) is 0 Å². The molecule has 1 fully saturated rings. The van der Waals surface area contributed by atoms with E-state index >= 15 is 0 Å². The fourth-order valence-corrected chi connectivity index (χ4v) is 2.90. The van der Waals surface area contributed by atoms with E-state index in [2.05, 4.69) is 40.9 Å². The van der Waals surface area contributed by atoms with Gasteiger partial charge in [0.1, 0.15) is 0 Å². The van der Waals surface area contributed by atoms with Gasteiger partial charge in [-0.05, 0) is 20.8 Å². The zero-order chi connectivity index (χ0) is 11.5. The second-order valence-corrected chi connectivity index (χ2v) is 5.47. The van der Waals surface area contributed by atoms with Crippen molar-refractivity contribution in [3.05, 3.63) is 16.6 Å². The molecule has 0 aliphatic carbocycles. The molecule has 1 aromatic heterocycles. The quantitative estimate of drug-likeness (QED) is 0.806. The molecule has 0 amide bonds. The van der Waals surface area contributed by atoms with Crippen molar-refractivity contribution in [3.63, 3.8) is 0 Å². The molecule has 1 aromatic rings. The van der Waals surface area contributed by atoms with E-state index < -0.39 is 0 Å². The molecule has 1 atom stereocenters. The predicted molar refractivity (Wildman–Crippen MR) is 68.8 cm³/mol. The highest BCUT2D eigenvalue weighted by molar-refractivity contribution is 7.07. The Morgan fingerprint density at radius 3 is 2.25 bits per heavy atom. The van der Waals surface area contributed by atoms with Crippen LogP contribution in [0.4, 0.5) is 0 Å². The lowest BCUT2D eigenvalue weighted by Gasteiger charge is -2.39. The van der Waals surface area contributed by atoms with Crippen LogP contribution < -0.4 is 0 Å². The van der Waals surface area contributed by atoms with Gasteiger partial charge in [-0.25, -0.2) is 4.98 Å². The number of hydrogen-bond acceptors (Lipinski definition) is 4. The summed E-state index contributed by atoms with van der Waals surface area (Å²) in [6.07, 6.45) is 0. The maximum atomic E-state index is 4.41. The van der Waals surface area contributed by atoms with Crippen molar-refractivity contribution in [1.82, 2.24) is 14.8 Å². The van der Waals surface area contributed by atoms with Crippen LogP contribution in [0, 0.1) is 0 Å². The zero-order valence-electron chi connectivity index (χ0n) is 10.4. The van der Waals surface area contributed by atoms with Crippen LogP contribution in [-0.4, -0.2) is 47.0 Å². The number of nitrogens with zero attached hydrogens (tertiary/aromatic N) is 3. The van der Waals surface area contributed by atoms with Gasteiger partial charge in [-0.15, -0.1) is 11.3 Å². The highest BCUT2D eigenvalue weighted by Gasteiger charge is 2.23. The fourth-order valence-electron chi connectivity index (χ4n) is 2.26. The summed E-state index contributed by atoms with van der Waals surface area (Å²) in [5, 5.41) is 2.17. The predicted octanol–water partition coefficient (Wildman–Crippen LogP) is 2.23. The molecule has 2 rings (SSSR count). The first-order chi connectivity index (χ1) is 7.68. The molecule has 1 aliphatic rings. The summed E-state index contributed by atoms with van der Waals surface area (Å²) in [6.45, 7) is 11.5. The second kappa shape index (κ2) is 5.25. The van der Waals surface area contributed by atoms with Gasteiger partial charge in [0.25, 0.3) is 0 Å². The van der Waals surface area contributed by atoms with Crippen LogP contribution in [0.3, 0.4) is 0 Å². The number of piperazine rings is 1. The minimum Gasteiger partial charge on any atom is -0.298 e. The molecular weight excluding hydrogens is 218 g/mol. The van der Waals surface area contributed by atoms with Gasteiger partial charge in [-0.2, -0.15) is 0 Å². The van der Waals surface area contributed by atoms with Crippen molar-refractivity contribution in [1.29, 1.82) is 0 Å². The van der Waals surface area contributed by atoms with Crippen LogP contribution in [0.15, 0.2) is 10.9 Å². The number of hydrogen-bond donors (Lipinski definition) is 0. The van der Waals surface area contributed by atoms with E-state index in [4.69, 9.17) is 0 Å². The van der Waals surface area contributed by atoms with Crippen molar-refractivity contribution in [2.24, 2.45) is 0 Å². The molecule has 0 N–H and O–H groups in total. The smallest absolute Gasteiger partial charge is 0.0795 e. The minimum absolute atomic E-state index is 0.473. The third kappa shape index (κ3) is 2.62. The molecule has 4 heteroatoms. The molecular formula is C12H21N3S. The van der Waals surface area contributed by atoms with Crippen LogP contribution in [0.25, 0.3) is 0 Å². The molecule has 0 radical (unpaired) electrons. The number of aromatic nitrogens is 1. The molecule has 3 nitrogen and oxygen atoms in total. The average molecular weight is 239 g/mol. The van der Waals surface area contributed by atoms with Crippen LogP contribution in [0.1, 0.15) is 32.5 Å². The Hall–Kier alpha value is -0.450. The van der Waals surface area contributed by atoms with E-state index in [0.717, 1.165) is 13.1 Å². The van der Waals surface area contributed by atoms with E-state index in [1.807, 2.05) is 5.51 Å². The Morgan fingerprint density at radius 2 is 1.75 bits per heavy atom. The van der Waals surface area contributed by atoms with Gasteiger partial charge in [-0.3, -0.25) is 9.80 Å². The highest BCUT2D eigenvalue weighted by atomic mass is 32.1. The monoisotopic (exact) mass is 239 g/mol. The third-order valence-electron chi connectivity index (χ3n) is 3.51. The Morgan fingerprint density at radius 1 is 1.12 bits per heavy atom. The number of thiazole rings is 1. The standard InChI is InChI=1S/C12H21N3S/c1-10(2)14-4-6-15(7-5-14)11(3)12-8-16-9-13-12/h8-11H,4-7H2,1-3H3. The maximum absolute atomic E-state index is 4.41. The van der Waals surface area contributed by atoms with Gasteiger partial charge in [0.2, 0.25) is 0 Å². The second-order valence-electron chi connectivity index (χ2n) is 4.75. The van der Waals surface area contributed by atoms with Crippen molar-refractivity contribution in [2.75, 3.05) is 26.2 Å². The first kappa shape index (κ1) is 12.0. The van der Waals surface area contributed by atoms with E-state index in [9.17, 15) is 0 Å². The van der Waals surface area contributed by atoms with Gasteiger partial charge in [0.15, 0.2) is 0 Å². The van der Waals surface area contributed by atoms with E-state index in [1.165, 1.54) is 18.8 Å². The Labute approximate surface area is 102 Å². The van der Waals surface area contributed by atoms with E-state index in [1.54, 1.807) is 11.3 Å². The molecule has 16 heavy (non-hydrogen) atoms. The summed E-state index contributed by atoms with van der Waals surface area (Å²) in [4.78, 5) is 9.49. The topological polar surface area (TPSA) is 19.4 Å². The van der Waals surface area contributed by atoms with Gasteiger partial charge in [0.05, 0.1) is 17.2 Å². The largest absolute Gasteiger partial charge is 0.298 e. The summed E-state index contributed by atoms with van der Waals surface area (Å²) in [6, 6.07) is 1.15. The third-order valence-corrected chi connectivity index (χ3v) is 4.11. The lowest BCUT2D eigenvalue weighted by molar-refractivity contribution is 0.0823. The minimum atomic E-state index is 0.473. The molecule has 1 unspecified atom stereocenters. The van der Waals surface area contributed by atoms with Gasteiger partial charge >= 0.3 is 0 Å². The van der Waals surface area contributed by atoms with Gasteiger partial charge < -0.3 is 0 Å². The summed E-state index contributed by atoms with van der Waals surface area (Å²) in [5.41, 5.74) is 3.15. The SMILES string of the molecule is CC(C)N1CCN(C(C)c2cscn2)CC1. The Bertz CT molecular complexity index is 302. The molecule has 0 aromatic carbocycles. The molecule has 2 heterocycles. The normalized spacial score (nSPS) is 21.5. The molecule has 0 saturated carbocycles. The van der Waals surface area contributed by atoms with Crippen LogP contribution in [-0.2, 0) is 0 Å². The first-order valence-electron chi connectivity index (χ1n) is 6.04. The fraction of sp³-hybridized carbons (Fsp3) is 0.750. The number of rotatable bonds is 3. The van der Waals surface area contributed by atoms with Gasteiger partial charge in [-0.1, -0.05) is 0 Å². The highest BCUT2D eigenvalue weighted by Crippen LogP contribution is 2.21. The van der Waals surface area contributed by atoms with Gasteiger partial charge in [0, 0.05) is 37.6 Å². The van der Waals surface area contributed by atoms with Crippen molar-refractivity contribution >= 4 is 11.3 Å². The lowest BCUT2D eigenvalue weighted by Crippen LogP contribution is -2.49. The first-order valence-corrected chi connectivity index (χ1v) is 6.99. The maximum Gasteiger partial charge on any atom is 0.0795 e.